The fraction of sp³-hybridized carbons (Fsp3) is 0.357. The average Bonchev–Trinajstić information content (AvgIpc) is 2.45. The highest BCUT2D eigenvalue weighted by Crippen LogP contribution is 2.18. The number of hydrogen-bond acceptors (Lipinski definition) is 5. The van der Waals surface area contributed by atoms with Crippen molar-refractivity contribution in [2.45, 2.75) is 19.9 Å². The zero-order chi connectivity index (χ0) is 14.5. The van der Waals surface area contributed by atoms with Gasteiger partial charge in [0.15, 0.2) is 5.82 Å². The Kier molecular flexibility index (Phi) is 4.87. The summed E-state index contributed by atoms with van der Waals surface area (Å²) in [6.07, 6.45) is 0. The summed E-state index contributed by atoms with van der Waals surface area (Å²) in [4.78, 5) is 12.5. The number of aromatic nitrogens is 3. The molecule has 1 heterocycles. The maximum atomic E-state index is 9.35. The average molecular weight is 293 g/mol. The lowest BCUT2D eigenvalue weighted by atomic mass is 10.1. The van der Waals surface area contributed by atoms with Gasteiger partial charge >= 0.3 is 0 Å². The van der Waals surface area contributed by atoms with Crippen molar-refractivity contribution in [3.05, 3.63) is 35.6 Å². The molecule has 0 saturated carbocycles. The zero-order valence-electron chi connectivity index (χ0n) is 11.4. The second-order valence-electron chi connectivity index (χ2n) is 4.80. The van der Waals surface area contributed by atoms with E-state index >= 15 is 0 Å². The van der Waals surface area contributed by atoms with Gasteiger partial charge in [-0.25, -0.2) is 0 Å². The maximum Gasteiger partial charge on any atom is 0.227 e. The van der Waals surface area contributed by atoms with E-state index in [1.165, 1.54) is 0 Å². The van der Waals surface area contributed by atoms with Crippen LogP contribution < -0.4 is 5.32 Å². The first-order chi connectivity index (χ1) is 9.60. The molecule has 2 aromatic rings. The van der Waals surface area contributed by atoms with Gasteiger partial charge in [-0.05, 0) is 17.5 Å². The van der Waals surface area contributed by atoms with Gasteiger partial charge in [0.2, 0.25) is 11.2 Å². The van der Waals surface area contributed by atoms with Gasteiger partial charge in [-0.3, -0.25) is 0 Å². The highest BCUT2D eigenvalue weighted by Gasteiger charge is 2.15. The van der Waals surface area contributed by atoms with Crippen LogP contribution >= 0.6 is 11.6 Å². The monoisotopic (exact) mass is 292 g/mol. The first kappa shape index (κ1) is 14.7. The number of benzene rings is 1. The molecular weight excluding hydrogens is 276 g/mol. The second-order valence-corrected chi connectivity index (χ2v) is 5.13. The Balaban J connectivity index is 2.30. The molecule has 2 rings (SSSR count). The van der Waals surface area contributed by atoms with Crippen molar-refractivity contribution in [3.63, 3.8) is 0 Å². The minimum absolute atomic E-state index is 0.00163. The van der Waals surface area contributed by atoms with Crippen LogP contribution in [0.15, 0.2) is 30.3 Å². The van der Waals surface area contributed by atoms with Crippen molar-refractivity contribution >= 4 is 17.5 Å². The molecule has 0 aliphatic rings. The Morgan fingerprint density at radius 1 is 1.15 bits per heavy atom. The van der Waals surface area contributed by atoms with Crippen molar-refractivity contribution in [1.82, 2.24) is 15.0 Å². The predicted molar refractivity (Wildman–Crippen MR) is 79.6 cm³/mol. The third-order valence-corrected chi connectivity index (χ3v) is 3.13. The Bertz CT molecular complexity index is 562. The first-order valence-corrected chi connectivity index (χ1v) is 6.82. The van der Waals surface area contributed by atoms with E-state index in [1.54, 1.807) is 0 Å². The van der Waals surface area contributed by atoms with Crippen LogP contribution in [0, 0.1) is 5.92 Å². The van der Waals surface area contributed by atoms with Crippen LogP contribution in [0.5, 0.6) is 0 Å². The van der Waals surface area contributed by atoms with Gasteiger partial charge in [0.05, 0.1) is 12.6 Å². The standard InChI is InChI=1S/C14H17ClN4O/c1-9(2)11(8-20)16-14-18-12(17-13(15)19-14)10-6-4-3-5-7-10/h3-7,9,11,20H,8H2,1-2H3,(H,16,17,18,19). The number of rotatable bonds is 5. The van der Waals surface area contributed by atoms with E-state index in [9.17, 15) is 5.11 Å². The van der Waals surface area contributed by atoms with Crippen molar-refractivity contribution < 1.29 is 5.11 Å². The number of anilines is 1. The van der Waals surface area contributed by atoms with Gasteiger partial charge < -0.3 is 10.4 Å². The van der Waals surface area contributed by atoms with Gasteiger partial charge in [0.1, 0.15) is 0 Å². The summed E-state index contributed by atoms with van der Waals surface area (Å²) in [6, 6.07) is 9.42. The Morgan fingerprint density at radius 2 is 1.85 bits per heavy atom. The first-order valence-electron chi connectivity index (χ1n) is 6.44. The van der Waals surface area contributed by atoms with Gasteiger partial charge in [-0.2, -0.15) is 15.0 Å². The molecule has 0 spiro atoms. The number of nitrogens with one attached hydrogen (secondary N) is 1. The van der Waals surface area contributed by atoms with Crippen LogP contribution in [-0.4, -0.2) is 32.7 Å². The molecule has 0 radical (unpaired) electrons. The van der Waals surface area contributed by atoms with Gasteiger partial charge in [-0.1, -0.05) is 44.2 Å². The molecule has 0 amide bonds. The molecule has 6 heteroatoms. The van der Waals surface area contributed by atoms with E-state index in [2.05, 4.69) is 20.3 Å². The van der Waals surface area contributed by atoms with Crippen molar-refractivity contribution in [2.75, 3.05) is 11.9 Å². The molecule has 1 aromatic heterocycles. The number of halogens is 1. The van der Waals surface area contributed by atoms with E-state index < -0.39 is 0 Å². The molecular formula is C14H17ClN4O. The molecule has 5 nitrogen and oxygen atoms in total. The largest absolute Gasteiger partial charge is 0.394 e. The van der Waals surface area contributed by atoms with Crippen molar-refractivity contribution in [3.8, 4) is 11.4 Å². The summed E-state index contributed by atoms with van der Waals surface area (Å²) >= 11 is 5.94. The van der Waals surface area contributed by atoms with Crippen LogP contribution in [-0.2, 0) is 0 Å². The highest BCUT2D eigenvalue weighted by molar-refractivity contribution is 6.28. The third-order valence-electron chi connectivity index (χ3n) is 2.96. The quantitative estimate of drug-likeness (QED) is 0.886. The number of nitrogens with zero attached hydrogens (tertiary/aromatic N) is 3. The Hall–Kier alpha value is -1.72. The van der Waals surface area contributed by atoms with E-state index in [0.29, 0.717) is 11.8 Å². The van der Waals surface area contributed by atoms with Gasteiger partial charge in [0.25, 0.3) is 0 Å². The summed E-state index contributed by atoms with van der Waals surface area (Å²) < 4.78 is 0. The molecule has 0 fully saturated rings. The van der Waals surface area contributed by atoms with Crippen molar-refractivity contribution in [2.24, 2.45) is 5.92 Å². The lowest BCUT2D eigenvalue weighted by Gasteiger charge is -2.19. The van der Waals surface area contributed by atoms with Gasteiger partial charge in [-0.15, -0.1) is 0 Å². The fourth-order valence-electron chi connectivity index (χ4n) is 1.72. The topological polar surface area (TPSA) is 70.9 Å². The molecule has 0 bridgehead atoms. The van der Waals surface area contributed by atoms with E-state index in [-0.39, 0.29) is 23.9 Å². The second kappa shape index (κ2) is 6.63. The Labute approximate surface area is 123 Å². The molecule has 2 N–H and O–H groups in total. The lowest BCUT2D eigenvalue weighted by molar-refractivity contribution is 0.248. The molecule has 1 unspecified atom stereocenters. The summed E-state index contributed by atoms with van der Waals surface area (Å²) in [7, 11) is 0. The van der Waals surface area contributed by atoms with Crippen LogP contribution in [0.1, 0.15) is 13.8 Å². The summed E-state index contributed by atoms with van der Waals surface area (Å²) in [6.45, 7) is 4.02. The SMILES string of the molecule is CC(C)C(CO)Nc1nc(Cl)nc(-c2ccccc2)n1. The normalized spacial score (nSPS) is 12.4. The minimum atomic E-state index is -0.128. The number of aliphatic hydroxyl groups is 1. The lowest BCUT2D eigenvalue weighted by Crippen LogP contribution is -2.30. The van der Waals surface area contributed by atoms with Crippen LogP contribution in [0.25, 0.3) is 11.4 Å². The number of hydrogen-bond donors (Lipinski definition) is 2. The summed E-state index contributed by atoms with van der Waals surface area (Å²) in [5.74, 6) is 1.13. The van der Waals surface area contributed by atoms with Crippen LogP contribution in [0.3, 0.4) is 0 Å². The summed E-state index contributed by atoms with van der Waals surface area (Å²) in [5.41, 5.74) is 0.866. The van der Waals surface area contributed by atoms with Gasteiger partial charge in [0, 0.05) is 5.56 Å². The molecule has 1 aromatic carbocycles. The van der Waals surface area contributed by atoms with E-state index in [1.807, 2.05) is 44.2 Å². The van der Waals surface area contributed by atoms with E-state index in [0.717, 1.165) is 5.56 Å². The molecule has 0 saturated heterocycles. The van der Waals surface area contributed by atoms with Crippen molar-refractivity contribution in [1.29, 1.82) is 0 Å². The minimum Gasteiger partial charge on any atom is -0.394 e. The smallest absolute Gasteiger partial charge is 0.227 e. The van der Waals surface area contributed by atoms with Crippen LogP contribution in [0.2, 0.25) is 5.28 Å². The highest BCUT2D eigenvalue weighted by atomic mass is 35.5. The molecule has 1 atom stereocenters. The predicted octanol–water partition coefficient (Wildman–Crippen LogP) is 2.62. The van der Waals surface area contributed by atoms with E-state index in [4.69, 9.17) is 11.6 Å². The maximum absolute atomic E-state index is 9.35. The molecule has 20 heavy (non-hydrogen) atoms. The molecule has 0 aliphatic carbocycles. The summed E-state index contributed by atoms with van der Waals surface area (Å²) in [5, 5.41) is 12.6. The Morgan fingerprint density at radius 3 is 2.45 bits per heavy atom. The molecule has 0 aliphatic heterocycles. The number of aliphatic hydroxyl groups excluding tert-OH is 1. The zero-order valence-corrected chi connectivity index (χ0v) is 12.2. The van der Waals surface area contributed by atoms with Crippen LogP contribution in [0.4, 0.5) is 5.95 Å². The molecule has 106 valence electrons. The fourth-order valence-corrected chi connectivity index (χ4v) is 1.88. The third kappa shape index (κ3) is 3.65.